The lowest BCUT2D eigenvalue weighted by molar-refractivity contribution is 0.0947. The number of nitrogens with one attached hydrogen (secondary N) is 2. The molecular formula is C15H18ClFN4O2. The number of hydrogen-bond acceptors (Lipinski definition) is 4. The number of nitrogens with zero attached hydrogens (tertiary/aromatic N) is 2. The number of likely N-dealkylation sites (N-methyl/N-ethyl adjacent to an activating group) is 1. The van der Waals surface area contributed by atoms with Crippen LogP contribution >= 0.6 is 12.4 Å². The molecule has 124 valence electrons. The van der Waals surface area contributed by atoms with Gasteiger partial charge in [0.2, 0.25) is 0 Å². The molecule has 1 amide bonds. The summed E-state index contributed by atoms with van der Waals surface area (Å²) >= 11 is 0. The Morgan fingerprint density at radius 1 is 1.17 bits per heavy atom. The third-order valence-electron chi connectivity index (χ3n) is 2.94. The van der Waals surface area contributed by atoms with Crippen molar-refractivity contribution in [2.24, 2.45) is 0 Å². The third kappa shape index (κ3) is 5.15. The van der Waals surface area contributed by atoms with Crippen molar-refractivity contribution in [3.05, 3.63) is 58.3 Å². The Kier molecular flexibility index (Phi) is 7.37. The van der Waals surface area contributed by atoms with E-state index in [1.807, 2.05) is 6.92 Å². The number of hydrogen-bond donors (Lipinski definition) is 2. The van der Waals surface area contributed by atoms with Crippen LogP contribution in [0, 0.1) is 5.82 Å². The molecule has 1 aromatic carbocycles. The van der Waals surface area contributed by atoms with E-state index >= 15 is 0 Å². The zero-order valence-electron chi connectivity index (χ0n) is 12.6. The first kappa shape index (κ1) is 18.8. The average Bonchev–Trinajstić information content (AvgIpc) is 2.53. The molecule has 23 heavy (non-hydrogen) atoms. The Morgan fingerprint density at radius 2 is 1.87 bits per heavy atom. The molecule has 0 aliphatic carbocycles. The van der Waals surface area contributed by atoms with E-state index in [-0.39, 0.29) is 24.0 Å². The molecule has 0 atom stereocenters. The van der Waals surface area contributed by atoms with Gasteiger partial charge in [-0.05, 0) is 36.9 Å². The number of carbonyl (C=O) groups is 1. The molecular weight excluding hydrogens is 323 g/mol. The van der Waals surface area contributed by atoms with E-state index < -0.39 is 11.4 Å². The van der Waals surface area contributed by atoms with Crippen molar-refractivity contribution < 1.29 is 9.18 Å². The number of carbonyl (C=O) groups excluding carboxylic acids is 1. The predicted octanol–water partition coefficient (Wildman–Crippen LogP) is 1.13. The highest BCUT2D eigenvalue weighted by molar-refractivity contribution is 5.92. The molecule has 0 aliphatic rings. The van der Waals surface area contributed by atoms with Crippen LogP contribution in [0.3, 0.4) is 0 Å². The average molecular weight is 341 g/mol. The fraction of sp³-hybridized carbons (Fsp3) is 0.267. The molecule has 0 bridgehead atoms. The Balaban J connectivity index is 0.00000264. The highest BCUT2D eigenvalue weighted by Crippen LogP contribution is 2.05. The lowest BCUT2D eigenvalue weighted by Gasteiger charge is -2.08. The maximum Gasteiger partial charge on any atom is 0.271 e. The molecule has 0 saturated carbocycles. The van der Waals surface area contributed by atoms with Crippen molar-refractivity contribution in [3.63, 3.8) is 0 Å². The summed E-state index contributed by atoms with van der Waals surface area (Å²) in [5.74, 6) is -0.775. The van der Waals surface area contributed by atoms with Crippen LogP contribution in [-0.2, 0) is 0 Å². The van der Waals surface area contributed by atoms with Crippen LogP contribution in [0.4, 0.5) is 4.39 Å². The number of amides is 1. The van der Waals surface area contributed by atoms with E-state index in [0.717, 1.165) is 11.2 Å². The van der Waals surface area contributed by atoms with Crippen LogP contribution in [0.1, 0.15) is 17.4 Å². The lowest BCUT2D eigenvalue weighted by atomic mass is 10.3. The topological polar surface area (TPSA) is 76.0 Å². The standard InChI is InChI=1S/C15H17FN4O2.ClH/c1-2-17-9-10-18-15(22)13-7-8-14(21)20(19-13)12-5-3-11(16)4-6-12;/h3-8,17H,2,9-10H2,1H3,(H,18,22);1H. The van der Waals surface area contributed by atoms with E-state index in [9.17, 15) is 14.0 Å². The minimum Gasteiger partial charge on any atom is -0.349 e. The molecule has 8 heteroatoms. The number of halogens is 2. The monoisotopic (exact) mass is 340 g/mol. The zero-order chi connectivity index (χ0) is 15.9. The molecule has 1 aromatic heterocycles. The second-order valence-corrected chi connectivity index (χ2v) is 4.55. The Bertz CT molecular complexity index is 703. The molecule has 0 unspecified atom stereocenters. The quantitative estimate of drug-likeness (QED) is 0.773. The smallest absolute Gasteiger partial charge is 0.271 e. The SMILES string of the molecule is CCNCCNC(=O)c1ccc(=O)n(-c2ccc(F)cc2)n1.Cl. The molecule has 2 aromatic rings. The van der Waals surface area contributed by atoms with Gasteiger partial charge in [-0.2, -0.15) is 9.78 Å². The highest BCUT2D eigenvalue weighted by Gasteiger charge is 2.10. The summed E-state index contributed by atoms with van der Waals surface area (Å²) in [5, 5.41) is 9.80. The van der Waals surface area contributed by atoms with Gasteiger partial charge in [0.25, 0.3) is 11.5 Å². The minimum atomic E-state index is -0.408. The van der Waals surface area contributed by atoms with Crippen LogP contribution < -0.4 is 16.2 Å². The summed E-state index contributed by atoms with van der Waals surface area (Å²) in [7, 11) is 0. The van der Waals surface area contributed by atoms with Crippen molar-refractivity contribution in [3.8, 4) is 5.69 Å². The van der Waals surface area contributed by atoms with Gasteiger partial charge in [-0.3, -0.25) is 9.59 Å². The summed E-state index contributed by atoms with van der Waals surface area (Å²) < 4.78 is 14.0. The van der Waals surface area contributed by atoms with Crippen LogP contribution in [-0.4, -0.2) is 35.3 Å². The normalized spacial score (nSPS) is 10.0. The molecule has 0 aliphatic heterocycles. The van der Waals surface area contributed by atoms with Crippen LogP contribution in [0.2, 0.25) is 0 Å². The van der Waals surface area contributed by atoms with Gasteiger partial charge in [0.05, 0.1) is 5.69 Å². The summed E-state index contributed by atoms with van der Waals surface area (Å²) in [6.07, 6.45) is 0. The summed E-state index contributed by atoms with van der Waals surface area (Å²) in [6, 6.07) is 7.94. The predicted molar refractivity (Wildman–Crippen MR) is 87.9 cm³/mol. The van der Waals surface area contributed by atoms with Crippen LogP contribution in [0.15, 0.2) is 41.2 Å². The van der Waals surface area contributed by atoms with Gasteiger partial charge in [0.1, 0.15) is 11.5 Å². The fourth-order valence-electron chi connectivity index (χ4n) is 1.83. The Morgan fingerprint density at radius 3 is 2.52 bits per heavy atom. The van der Waals surface area contributed by atoms with Crippen molar-refractivity contribution in [1.29, 1.82) is 0 Å². The number of aromatic nitrogens is 2. The molecule has 1 heterocycles. The summed E-state index contributed by atoms with van der Waals surface area (Å²) in [4.78, 5) is 23.8. The van der Waals surface area contributed by atoms with E-state index in [2.05, 4.69) is 15.7 Å². The lowest BCUT2D eigenvalue weighted by Crippen LogP contribution is -2.33. The maximum absolute atomic E-state index is 12.9. The zero-order valence-corrected chi connectivity index (χ0v) is 13.4. The first-order valence-corrected chi connectivity index (χ1v) is 6.97. The largest absolute Gasteiger partial charge is 0.349 e. The first-order valence-electron chi connectivity index (χ1n) is 6.97. The van der Waals surface area contributed by atoms with Gasteiger partial charge in [-0.1, -0.05) is 6.92 Å². The van der Waals surface area contributed by atoms with E-state index in [1.165, 1.54) is 36.4 Å². The molecule has 0 fully saturated rings. The summed E-state index contributed by atoms with van der Waals surface area (Å²) in [6.45, 7) is 3.91. The van der Waals surface area contributed by atoms with Gasteiger partial charge < -0.3 is 10.6 Å². The summed E-state index contributed by atoms with van der Waals surface area (Å²) in [5.41, 5.74) is 0.130. The van der Waals surface area contributed by atoms with Gasteiger partial charge in [-0.15, -0.1) is 12.4 Å². The molecule has 0 saturated heterocycles. The highest BCUT2D eigenvalue weighted by atomic mass is 35.5. The van der Waals surface area contributed by atoms with Crippen molar-refractivity contribution in [2.45, 2.75) is 6.92 Å². The van der Waals surface area contributed by atoms with Crippen LogP contribution in [0.25, 0.3) is 5.69 Å². The van der Waals surface area contributed by atoms with Crippen molar-refractivity contribution >= 4 is 18.3 Å². The van der Waals surface area contributed by atoms with Gasteiger partial charge >= 0.3 is 0 Å². The van der Waals surface area contributed by atoms with Crippen LogP contribution in [0.5, 0.6) is 0 Å². The fourth-order valence-corrected chi connectivity index (χ4v) is 1.83. The molecule has 2 N–H and O–H groups in total. The van der Waals surface area contributed by atoms with Crippen molar-refractivity contribution in [2.75, 3.05) is 19.6 Å². The van der Waals surface area contributed by atoms with Gasteiger partial charge in [0.15, 0.2) is 0 Å². The Labute approximate surface area is 139 Å². The first-order chi connectivity index (χ1) is 10.6. The number of rotatable bonds is 6. The van der Waals surface area contributed by atoms with Gasteiger partial charge in [-0.25, -0.2) is 4.39 Å². The maximum atomic E-state index is 12.9. The van der Waals surface area contributed by atoms with E-state index in [4.69, 9.17) is 0 Å². The van der Waals surface area contributed by atoms with Crippen molar-refractivity contribution in [1.82, 2.24) is 20.4 Å². The van der Waals surface area contributed by atoms with E-state index in [0.29, 0.717) is 18.8 Å². The van der Waals surface area contributed by atoms with Gasteiger partial charge in [0, 0.05) is 19.2 Å². The molecule has 2 rings (SSSR count). The third-order valence-corrected chi connectivity index (χ3v) is 2.94. The Hall–Kier alpha value is -2.25. The van der Waals surface area contributed by atoms with E-state index in [1.54, 1.807) is 0 Å². The minimum absolute atomic E-state index is 0. The molecule has 6 nitrogen and oxygen atoms in total. The molecule has 0 spiro atoms. The molecule has 0 radical (unpaired) electrons. The second-order valence-electron chi connectivity index (χ2n) is 4.55. The number of benzene rings is 1. The second kappa shape index (κ2) is 9.02.